The van der Waals surface area contributed by atoms with Gasteiger partial charge in [-0.15, -0.1) is 23.7 Å². The highest BCUT2D eigenvalue weighted by Gasteiger charge is 2.19. The van der Waals surface area contributed by atoms with Crippen LogP contribution in [-0.2, 0) is 6.42 Å². The molecule has 2 aromatic rings. The number of anilines is 1. The predicted molar refractivity (Wildman–Crippen MR) is 114 cm³/mol. The number of benzene rings is 1. The third kappa shape index (κ3) is 5.44. The molecule has 0 atom stereocenters. The molecule has 9 heteroatoms. The number of aromatic nitrogens is 1. The Morgan fingerprint density at radius 2 is 2.04 bits per heavy atom. The summed E-state index contributed by atoms with van der Waals surface area (Å²) in [5, 5.41) is 5.47. The van der Waals surface area contributed by atoms with E-state index < -0.39 is 0 Å². The summed E-state index contributed by atoms with van der Waals surface area (Å²) in [5.74, 6) is 1.77. The fourth-order valence-electron chi connectivity index (χ4n) is 2.73. The lowest BCUT2D eigenvalue weighted by molar-refractivity contribution is 0.0772. The zero-order valence-electron chi connectivity index (χ0n) is 15.1. The van der Waals surface area contributed by atoms with Crippen molar-refractivity contribution in [2.75, 3.05) is 36.5 Å². The van der Waals surface area contributed by atoms with Crippen LogP contribution in [0, 0.1) is 6.92 Å². The molecular formula is C18H23ClN4O2S2. The summed E-state index contributed by atoms with van der Waals surface area (Å²) in [6.45, 7) is 3.98. The van der Waals surface area contributed by atoms with Crippen molar-refractivity contribution < 1.29 is 9.59 Å². The highest BCUT2D eigenvalue weighted by Crippen LogP contribution is 2.20. The normalized spacial score (nSPS) is 13.8. The van der Waals surface area contributed by atoms with E-state index in [1.807, 2.05) is 29.7 Å². The molecule has 0 aliphatic carbocycles. The van der Waals surface area contributed by atoms with Crippen molar-refractivity contribution in [2.45, 2.75) is 13.3 Å². The number of nitrogens with zero attached hydrogens (tertiary/aromatic N) is 2. The van der Waals surface area contributed by atoms with Crippen molar-refractivity contribution >= 4 is 53.0 Å². The summed E-state index contributed by atoms with van der Waals surface area (Å²) >= 11 is 3.31. The van der Waals surface area contributed by atoms with Crippen LogP contribution in [0.4, 0.5) is 5.69 Å². The average Bonchev–Trinajstić information content (AvgIpc) is 3.12. The van der Waals surface area contributed by atoms with Gasteiger partial charge in [0.15, 0.2) is 0 Å². The van der Waals surface area contributed by atoms with Crippen LogP contribution < -0.4 is 11.1 Å². The minimum absolute atomic E-state index is 0. The largest absolute Gasteiger partial charge is 0.337 e. The Morgan fingerprint density at radius 3 is 2.70 bits per heavy atom. The van der Waals surface area contributed by atoms with Gasteiger partial charge in [0.05, 0.1) is 5.01 Å². The van der Waals surface area contributed by atoms with E-state index in [1.54, 1.807) is 17.5 Å². The van der Waals surface area contributed by atoms with E-state index in [0.717, 1.165) is 35.2 Å². The molecule has 1 aromatic heterocycles. The molecule has 0 saturated carbocycles. The second-order valence-electron chi connectivity index (χ2n) is 6.05. The van der Waals surface area contributed by atoms with Gasteiger partial charge in [-0.1, -0.05) is 0 Å². The summed E-state index contributed by atoms with van der Waals surface area (Å²) in [5.41, 5.74) is 8.11. The number of thioether (sulfide) groups is 1. The van der Waals surface area contributed by atoms with Crippen LogP contribution in [0.1, 0.15) is 31.4 Å². The molecule has 1 fully saturated rings. The van der Waals surface area contributed by atoms with Crippen LogP contribution in [0.25, 0.3) is 0 Å². The van der Waals surface area contributed by atoms with E-state index in [1.165, 1.54) is 11.3 Å². The molecule has 3 rings (SSSR count). The van der Waals surface area contributed by atoms with Gasteiger partial charge in [0, 0.05) is 47.6 Å². The topological polar surface area (TPSA) is 88.3 Å². The van der Waals surface area contributed by atoms with Gasteiger partial charge in [-0.25, -0.2) is 4.98 Å². The van der Waals surface area contributed by atoms with Crippen LogP contribution >= 0.6 is 35.5 Å². The molecule has 146 valence electrons. The standard InChI is InChI=1S/C18H22N4O2S2.ClH/c1-12-10-13(18(24)22-6-8-25-9-7-22)2-3-14(12)21-17(23)15-11-26-16(20-15)4-5-19;/h2-3,10-11H,4-9,19H2,1H3,(H,21,23);1H. The number of hydrogen-bond acceptors (Lipinski definition) is 6. The molecule has 6 nitrogen and oxygen atoms in total. The summed E-state index contributed by atoms with van der Waals surface area (Å²) in [7, 11) is 0. The van der Waals surface area contributed by atoms with E-state index in [9.17, 15) is 9.59 Å². The molecule has 3 N–H and O–H groups in total. The number of rotatable bonds is 5. The van der Waals surface area contributed by atoms with Gasteiger partial charge >= 0.3 is 0 Å². The molecule has 0 unspecified atom stereocenters. The zero-order valence-corrected chi connectivity index (χ0v) is 17.5. The van der Waals surface area contributed by atoms with Gasteiger partial charge in [0.2, 0.25) is 0 Å². The lowest BCUT2D eigenvalue weighted by Crippen LogP contribution is -2.37. The van der Waals surface area contributed by atoms with Gasteiger partial charge < -0.3 is 16.0 Å². The highest BCUT2D eigenvalue weighted by molar-refractivity contribution is 7.99. The third-order valence-electron chi connectivity index (χ3n) is 4.16. The fourth-order valence-corrected chi connectivity index (χ4v) is 4.42. The second kappa shape index (κ2) is 10.1. The van der Waals surface area contributed by atoms with Crippen molar-refractivity contribution in [3.05, 3.63) is 45.4 Å². The minimum atomic E-state index is -0.250. The molecule has 1 aliphatic heterocycles. The molecule has 1 saturated heterocycles. The van der Waals surface area contributed by atoms with Crippen LogP contribution in [-0.4, -0.2) is 52.8 Å². The molecule has 27 heavy (non-hydrogen) atoms. The molecule has 0 bridgehead atoms. The number of hydrogen-bond donors (Lipinski definition) is 2. The number of carbonyl (C=O) groups is 2. The monoisotopic (exact) mass is 426 g/mol. The van der Waals surface area contributed by atoms with E-state index in [2.05, 4.69) is 10.3 Å². The number of nitrogens with one attached hydrogen (secondary N) is 1. The van der Waals surface area contributed by atoms with Gasteiger partial charge in [0.25, 0.3) is 11.8 Å². The van der Waals surface area contributed by atoms with Crippen LogP contribution in [0.2, 0.25) is 0 Å². The van der Waals surface area contributed by atoms with Gasteiger partial charge in [-0.05, 0) is 37.2 Å². The average molecular weight is 427 g/mol. The molecule has 2 heterocycles. The van der Waals surface area contributed by atoms with Crippen molar-refractivity contribution in [1.29, 1.82) is 0 Å². The maximum atomic E-state index is 12.6. The van der Waals surface area contributed by atoms with Crippen LogP contribution in [0.3, 0.4) is 0 Å². The number of amides is 2. The lowest BCUT2D eigenvalue weighted by atomic mass is 10.1. The SMILES string of the molecule is Cc1cc(C(=O)N2CCSCC2)ccc1NC(=O)c1csc(CCN)n1.Cl. The van der Waals surface area contributed by atoms with Crippen molar-refractivity contribution in [3.63, 3.8) is 0 Å². The Morgan fingerprint density at radius 1 is 1.30 bits per heavy atom. The smallest absolute Gasteiger partial charge is 0.275 e. The number of thiazole rings is 1. The predicted octanol–water partition coefficient (Wildman–Crippen LogP) is 2.82. The highest BCUT2D eigenvalue weighted by atomic mass is 35.5. The van der Waals surface area contributed by atoms with E-state index >= 15 is 0 Å². The Bertz CT molecular complexity index is 806. The first kappa shape index (κ1) is 21.7. The molecule has 0 radical (unpaired) electrons. The molecule has 1 aromatic carbocycles. The molecule has 0 spiro atoms. The number of halogens is 1. The third-order valence-corrected chi connectivity index (χ3v) is 6.01. The van der Waals surface area contributed by atoms with Gasteiger partial charge in [0.1, 0.15) is 5.69 Å². The van der Waals surface area contributed by atoms with Crippen molar-refractivity contribution in [2.24, 2.45) is 5.73 Å². The van der Waals surface area contributed by atoms with Crippen molar-refractivity contribution in [3.8, 4) is 0 Å². The number of nitrogens with two attached hydrogens (primary N) is 1. The fraction of sp³-hybridized carbons (Fsp3) is 0.389. The molecule has 1 aliphatic rings. The summed E-state index contributed by atoms with van der Waals surface area (Å²) in [4.78, 5) is 31.1. The quantitative estimate of drug-likeness (QED) is 0.767. The molecule has 2 amide bonds. The second-order valence-corrected chi connectivity index (χ2v) is 8.22. The van der Waals surface area contributed by atoms with Gasteiger partial charge in [-0.2, -0.15) is 11.8 Å². The van der Waals surface area contributed by atoms with Gasteiger partial charge in [-0.3, -0.25) is 9.59 Å². The van der Waals surface area contributed by atoms with E-state index in [4.69, 9.17) is 5.73 Å². The van der Waals surface area contributed by atoms with E-state index in [-0.39, 0.29) is 24.2 Å². The first-order valence-corrected chi connectivity index (χ1v) is 10.6. The first-order valence-electron chi connectivity index (χ1n) is 8.52. The molecular weight excluding hydrogens is 404 g/mol. The summed E-state index contributed by atoms with van der Waals surface area (Å²) < 4.78 is 0. The summed E-state index contributed by atoms with van der Waals surface area (Å²) in [6.07, 6.45) is 0.669. The Hall–Kier alpha value is -1.61. The number of aryl methyl sites for hydroxylation is 1. The Labute approximate surface area is 173 Å². The maximum Gasteiger partial charge on any atom is 0.275 e. The zero-order chi connectivity index (χ0) is 18.5. The first-order chi connectivity index (χ1) is 12.6. The number of carbonyl (C=O) groups excluding carboxylic acids is 2. The van der Waals surface area contributed by atoms with Crippen LogP contribution in [0.15, 0.2) is 23.6 Å². The van der Waals surface area contributed by atoms with Crippen molar-refractivity contribution in [1.82, 2.24) is 9.88 Å². The van der Waals surface area contributed by atoms with E-state index in [0.29, 0.717) is 29.9 Å². The van der Waals surface area contributed by atoms with Crippen LogP contribution in [0.5, 0.6) is 0 Å². The Balaban J connectivity index is 0.00000261. The maximum absolute atomic E-state index is 12.6. The summed E-state index contributed by atoms with van der Waals surface area (Å²) in [6, 6.07) is 5.39. The Kier molecular flexibility index (Phi) is 8.09. The minimum Gasteiger partial charge on any atom is -0.337 e. The lowest BCUT2D eigenvalue weighted by Gasteiger charge is -2.26.